The number of hydrogen-bond donors (Lipinski definition) is 1. The second kappa shape index (κ2) is 7.08. The van der Waals surface area contributed by atoms with Crippen LogP contribution in [0.1, 0.15) is 30.3 Å². The first-order valence-electron chi connectivity index (χ1n) is 6.45. The van der Waals surface area contributed by atoms with E-state index < -0.39 is 0 Å². The Morgan fingerprint density at radius 2 is 2.16 bits per heavy atom. The van der Waals surface area contributed by atoms with Crippen LogP contribution in [0.3, 0.4) is 0 Å². The molecule has 0 aliphatic rings. The minimum atomic E-state index is 0.247. The summed E-state index contributed by atoms with van der Waals surface area (Å²) in [5.41, 5.74) is 1.25. The fraction of sp³-hybridized carbons (Fsp3) is 0.333. The monoisotopic (exact) mass is 339 g/mol. The van der Waals surface area contributed by atoms with Crippen LogP contribution in [0, 0.1) is 0 Å². The molecule has 0 aliphatic carbocycles. The Morgan fingerprint density at radius 3 is 2.74 bits per heavy atom. The van der Waals surface area contributed by atoms with Gasteiger partial charge in [0.05, 0.1) is 17.1 Å². The quantitative estimate of drug-likeness (QED) is 0.829. The summed E-state index contributed by atoms with van der Waals surface area (Å²) in [5, 5.41) is 5.64. The third kappa shape index (κ3) is 3.59. The maximum atomic E-state index is 5.56. The molecule has 1 aromatic heterocycles. The maximum absolute atomic E-state index is 5.56. The third-order valence-electron chi connectivity index (χ3n) is 2.83. The molecule has 0 aliphatic heterocycles. The van der Waals surface area contributed by atoms with Crippen molar-refractivity contribution in [1.82, 2.24) is 5.32 Å². The van der Waals surface area contributed by atoms with E-state index in [0.29, 0.717) is 6.61 Å². The van der Waals surface area contributed by atoms with Crippen LogP contribution in [-0.2, 0) is 0 Å². The van der Waals surface area contributed by atoms with Crippen molar-refractivity contribution in [2.75, 3.05) is 13.2 Å². The largest absolute Gasteiger partial charge is 0.493 e. The average molecular weight is 340 g/mol. The molecule has 0 fully saturated rings. The van der Waals surface area contributed by atoms with Gasteiger partial charge in [-0.3, -0.25) is 0 Å². The lowest BCUT2D eigenvalue weighted by Crippen LogP contribution is -2.21. The first kappa shape index (κ1) is 14.6. The number of rotatable bonds is 6. The minimum absolute atomic E-state index is 0.247. The standard InChI is InChI=1S/C15H18BrNOS/c1-3-17-15(14-6-5-9-19-14)11-7-8-13(18-4-2)12(16)10-11/h5-10,15,17H,3-4H2,1-2H3. The first-order chi connectivity index (χ1) is 9.26. The molecule has 0 spiro atoms. The normalized spacial score (nSPS) is 12.4. The molecule has 2 nitrogen and oxygen atoms in total. The van der Waals surface area contributed by atoms with Gasteiger partial charge in [-0.25, -0.2) is 0 Å². The van der Waals surface area contributed by atoms with Crippen molar-refractivity contribution < 1.29 is 4.74 Å². The molecule has 19 heavy (non-hydrogen) atoms. The zero-order chi connectivity index (χ0) is 13.7. The number of halogens is 1. The molecule has 2 aromatic rings. The molecule has 1 heterocycles. The molecule has 0 bridgehead atoms. The molecule has 0 radical (unpaired) electrons. The lowest BCUT2D eigenvalue weighted by Gasteiger charge is -2.18. The van der Waals surface area contributed by atoms with E-state index in [1.807, 2.05) is 13.0 Å². The molecular weight excluding hydrogens is 322 g/mol. The Kier molecular flexibility index (Phi) is 5.43. The summed E-state index contributed by atoms with van der Waals surface area (Å²) in [6.45, 7) is 5.74. The number of nitrogens with one attached hydrogen (secondary N) is 1. The lowest BCUT2D eigenvalue weighted by atomic mass is 10.1. The SMILES string of the molecule is CCNC(c1ccc(OCC)c(Br)c1)c1cccs1. The van der Waals surface area contributed by atoms with Crippen molar-refractivity contribution in [3.05, 3.63) is 50.6 Å². The molecule has 0 saturated carbocycles. The van der Waals surface area contributed by atoms with Crippen molar-refractivity contribution in [2.24, 2.45) is 0 Å². The van der Waals surface area contributed by atoms with Gasteiger partial charge in [0.2, 0.25) is 0 Å². The Morgan fingerprint density at radius 1 is 1.32 bits per heavy atom. The highest BCUT2D eigenvalue weighted by molar-refractivity contribution is 9.10. The van der Waals surface area contributed by atoms with Crippen LogP contribution in [0.2, 0.25) is 0 Å². The average Bonchev–Trinajstić information content (AvgIpc) is 2.92. The summed E-state index contributed by atoms with van der Waals surface area (Å²) in [7, 11) is 0. The predicted molar refractivity (Wildman–Crippen MR) is 85.1 cm³/mol. The highest BCUT2D eigenvalue weighted by atomic mass is 79.9. The molecule has 1 aromatic carbocycles. The highest BCUT2D eigenvalue weighted by Gasteiger charge is 2.15. The van der Waals surface area contributed by atoms with Gasteiger partial charge in [-0.1, -0.05) is 19.1 Å². The van der Waals surface area contributed by atoms with Crippen molar-refractivity contribution >= 4 is 27.3 Å². The summed E-state index contributed by atoms with van der Waals surface area (Å²) in [4.78, 5) is 1.33. The topological polar surface area (TPSA) is 21.3 Å². The van der Waals surface area contributed by atoms with Crippen molar-refractivity contribution in [3.8, 4) is 5.75 Å². The molecule has 0 amide bonds. The second-order valence-corrected chi connectivity index (χ2v) is 5.96. The van der Waals surface area contributed by atoms with E-state index in [0.717, 1.165) is 16.8 Å². The molecule has 1 atom stereocenters. The summed E-state index contributed by atoms with van der Waals surface area (Å²) < 4.78 is 6.56. The van der Waals surface area contributed by atoms with Crippen LogP contribution in [0.15, 0.2) is 40.2 Å². The van der Waals surface area contributed by atoms with Gasteiger partial charge in [-0.05, 0) is 58.5 Å². The number of ether oxygens (including phenoxy) is 1. The van der Waals surface area contributed by atoms with Gasteiger partial charge in [0.25, 0.3) is 0 Å². The Hall–Kier alpha value is -0.840. The molecule has 1 unspecified atom stereocenters. The molecular formula is C15H18BrNOS. The molecule has 102 valence electrons. The minimum Gasteiger partial charge on any atom is -0.493 e. The van der Waals surface area contributed by atoms with Crippen LogP contribution in [-0.4, -0.2) is 13.2 Å². The summed E-state index contributed by atoms with van der Waals surface area (Å²) in [6.07, 6.45) is 0. The van der Waals surface area contributed by atoms with Gasteiger partial charge >= 0.3 is 0 Å². The van der Waals surface area contributed by atoms with E-state index in [1.54, 1.807) is 11.3 Å². The van der Waals surface area contributed by atoms with Crippen LogP contribution in [0.4, 0.5) is 0 Å². The fourth-order valence-electron chi connectivity index (χ4n) is 2.01. The Bertz CT molecular complexity index is 513. The molecule has 0 saturated heterocycles. The summed E-state index contributed by atoms with van der Waals surface area (Å²) >= 11 is 5.36. The van der Waals surface area contributed by atoms with Gasteiger partial charge in [-0.2, -0.15) is 0 Å². The van der Waals surface area contributed by atoms with Crippen LogP contribution in [0.25, 0.3) is 0 Å². The van der Waals surface area contributed by atoms with Crippen LogP contribution in [0.5, 0.6) is 5.75 Å². The van der Waals surface area contributed by atoms with Crippen molar-refractivity contribution in [1.29, 1.82) is 0 Å². The predicted octanol–water partition coefficient (Wildman–Crippen LogP) is 4.61. The van der Waals surface area contributed by atoms with E-state index in [9.17, 15) is 0 Å². The van der Waals surface area contributed by atoms with Crippen molar-refractivity contribution in [3.63, 3.8) is 0 Å². The lowest BCUT2D eigenvalue weighted by molar-refractivity contribution is 0.338. The first-order valence-corrected chi connectivity index (χ1v) is 8.12. The van der Waals surface area contributed by atoms with E-state index in [1.165, 1.54) is 10.4 Å². The third-order valence-corrected chi connectivity index (χ3v) is 4.38. The second-order valence-electron chi connectivity index (χ2n) is 4.13. The van der Waals surface area contributed by atoms with E-state index in [2.05, 4.69) is 57.8 Å². The summed E-state index contributed by atoms with van der Waals surface area (Å²) in [5.74, 6) is 0.896. The van der Waals surface area contributed by atoms with Gasteiger partial charge in [0.15, 0.2) is 0 Å². The Balaban J connectivity index is 2.30. The molecule has 1 N–H and O–H groups in total. The van der Waals surface area contributed by atoms with Gasteiger partial charge in [-0.15, -0.1) is 11.3 Å². The smallest absolute Gasteiger partial charge is 0.133 e. The summed E-state index contributed by atoms with van der Waals surface area (Å²) in [6, 6.07) is 10.8. The molecule has 4 heteroatoms. The zero-order valence-corrected chi connectivity index (χ0v) is 13.6. The van der Waals surface area contributed by atoms with Gasteiger partial charge < -0.3 is 10.1 Å². The van der Waals surface area contributed by atoms with Crippen molar-refractivity contribution in [2.45, 2.75) is 19.9 Å². The van der Waals surface area contributed by atoms with E-state index in [-0.39, 0.29) is 6.04 Å². The highest BCUT2D eigenvalue weighted by Crippen LogP contribution is 2.32. The zero-order valence-electron chi connectivity index (χ0n) is 11.2. The van der Waals surface area contributed by atoms with Gasteiger partial charge in [0, 0.05) is 4.88 Å². The van der Waals surface area contributed by atoms with Gasteiger partial charge in [0.1, 0.15) is 5.75 Å². The number of hydrogen-bond acceptors (Lipinski definition) is 3. The number of thiophene rings is 1. The van der Waals surface area contributed by atoms with E-state index in [4.69, 9.17) is 4.74 Å². The van der Waals surface area contributed by atoms with Crippen LogP contribution >= 0.6 is 27.3 Å². The van der Waals surface area contributed by atoms with E-state index >= 15 is 0 Å². The number of benzene rings is 1. The maximum Gasteiger partial charge on any atom is 0.133 e. The van der Waals surface area contributed by atoms with Crippen LogP contribution < -0.4 is 10.1 Å². The molecule has 2 rings (SSSR count). The fourth-order valence-corrected chi connectivity index (χ4v) is 3.35. The Labute approximate surface area is 126 Å².